The quantitative estimate of drug-likeness (QED) is 0.305. The molecule has 6 heteroatoms. The van der Waals surface area contributed by atoms with Crippen LogP contribution in [0.2, 0.25) is 0 Å². The standard InChI is InChI=1S/4CN.Co.Na/c4*1-2;;/q4*-1;+3;+1. The Morgan fingerprint density at radius 1 is 0.500 bits per heavy atom. The first-order valence-corrected chi connectivity index (χ1v) is 0.894. The van der Waals surface area contributed by atoms with Gasteiger partial charge in [0.1, 0.15) is 0 Å². The Hall–Kier alpha value is -0.534. The van der Waals surface area contributed by atoms with Crippen molar-refractivity contribution in [2.24, 2.45) is 0 Å². The van der Waals surface area contributed by atoms with Crippen LogP contribution in [0.3, 0.4) is 0 Å². The third-order valence-electron chi connectivity index (χ3n) is 0. The Morgan fingerprint density at radius 3 is 0.500 bits per heavy atom. The van der Waals surface area contributed by atoms with Gasteiger partial charge >= 0.3 is 46.3 Å². The van der Waals surface area contributed by atoms with E-state index in [0.717, 1.165) is 0 Å². The summed E-state index contributed by atoms with van der Waals surface area (Å²) in [6, 6.07) is 0. The Morgan fingerprint density at radius 2 is 0.500 bits per heavy atom. The van der Waals surface area contributed by atoms with Crippen molar-refractivity contribution in [3.05, 3.63) is 26.3 Å². The summed E-state index contributed by atoms with van der Waals surface area (Å²) in [5, 5.41) is 25.0. The average molecular weight is 186 g/mol. The van der Waals surface area contributed by atoms with E-state index in [1.165, 1.54) is 0 Å². The van der Waals surface area contributed by atoms with Crippen LogP contribution in [-0.4, -0.2) is 0 Å². The van der Waals surface area contributed by atoms with Crippen LogP contribution in [0.5, 0.6) is 0 Å². The summed E-state index contributed by atoms with van der Waals surface area (Å²) in [6.45, 7) is 19.0. The van der Waals surface area contributed by atoms with E-state index in [1.807, 2.05) is 0 Å². The van der Waals surface area contributed by atoms with Gasteiger partial charge in [0, 0.05) is 0 Å². The van der Waals surface area contributed by atoms with Crippen molar-refractivity contribution >= 4 is 0 Å². The van der Waals surface area contributed by atoms with Gasteiger partial charge in [-0.1, -0.05) is 0 Å². The van der Waals surface area contributed by atoms with E-state index in [9.17, 15) is 0 Å². The Labute approximate surface area is 93.2 Å². The van der Waals surface area contributed by atoms with Crippen molar-refractivity contribution in [1.29, 1.82) is 21.0 Å². The molecule has 0 aromatic heterocycles. The summed E-state index contributed by atoms with van der Waals surface area (Å²) >= 11 is 0. The molecule has 0 aliphatic heterocycles. The van der Waals surface area contributed by atoms with Gasteiger partial charge in [-0.3, -0.25) is 0 Å². The molecular formula is C4CoN4Na. The van der Waals surface area contributed by atoms with Gasteiger partial charge in [-0.05, 0) is 0 Å². The van der Waals surface area contributed by atoms with Crippen LogP contribution in [0.1, 0.15) is 0 Å². The second-order valence-corrected chi connectivity index (χ2v) is 0. The van der Waals surface area contributed by atoms with Crippen molar-refractivity contribution in [1.82, 2.24) is 0 Å². The Balaban J connectivity index is -0.00000000500. The molecule has 0 aliphatic rings. The molecule has 0 rings (SSSR count). The zero-order valence-corrected chi connectivity index (χ0v) is 8.16. The molecule has 0 saturated heterocycles. The van der Waals surface area contributed by atoms with Gasteiger partial charge in [-0.15, -0.1) is 0 Å². The summed E-state index contributed by atoms with van der Waals surface area (Å²) in [5.41, 5.74) is 0. The van der Waals surface area contributed by atoms with E-state index in [4.69, 9.17) is 47.3 Å². The fraction of sp³-hybridized carbons (Fsp3) is 0. The molecule has 0 atom stereocenters. The molecule has 0 aromatic rings. The van der Waals surface area contributed by atoms with Gasteiger partial charge in [-0.2, -0.15) is 0 Å². The van der Waals surface area contributed by atoms with Gasteiger partial charge in [0.05, 0.1) is 0 Å². The maximum atomic E-state index is 6.25. The molecule has 0 fully saturated rings. The molecule has 0 aliphatic carbocycles. The van der Waals surface area contributed by atoms with E-state index in [1.54, 1.807) is 0 Å². The fourth-order valence-electron chi connectivity index (χ4n) is 0. The molecule has 0 unspecified atom stereocenters. The van der Waals surface area contributed by atoms with E-state index < -0.39 is 0 Å². The molecule has 0 heterocycles. The molecule has 0 amide bonds. The molecule has 0 spiro atoms. The molecule has 0 saturated carbocycles. The third kappa shape index (κ3) is 1100. The molecule has 0 aromatic carbocycles. The van der Waals surface area contributed by atoms with Crippen LogP contribution in [0.4, 0.5) is 0 Å². The molecular weight excluding hydrogens is 186 g/mol. The van der Waals surface area contributed by atoms with E-state index >= 15 is 0 Å². The summed E-state index contributed by atoms with van der Waals surface area (Å²) in [4.78, 5) is 0. The maximum Gasteiger partial charge on any atom is 3.00 e. The Bertz CT molecular complexity index is 60.2. The predicted molar refractivity (Wildman–Crippen MR) is 19.9 cm³/mol. The second kappa shape index (κ2) is 1660. The third-order valence-corrected chi connectivity index (χ3v) is 0. The first kappa shape index (κ1) is 56.5. The van der Waals surface area contributed by atoms with Gasteiger partial charge < -0.3 is 47.3 Å². The van der Waals surface area contributed by atoms with Crippen LogP contribution in [-0.2, 0) is 16.8 Å². The Kier molecular flexibility index (Phi) is 9360. The normalized spacial score (nSPS) is 0.800. The van der Waals surface area contributed by atoms with Crippen LogP contribution in [0.15, 0.2) is 0 Å². The van der Waals surface area contributed by atoms with Gasteiger partial charge in [0.15, 0.2) is 0 Å². The number of nitrogens with zero attached hydrogens (tertiary/aromatic N) is 4. The zero-order valence-electron chi connectivity index (χ0n) is 5.12. The van der Waals surface area contributed by atoms with Gasteiger partial charge in [0.25, 0.3) is 0 Å². The summed E-state index contributed by atoms with van der Waals surface area (Å²) < 4.78 is 0. The SMILES string of the molecule is [C-]#N.[C-]#N.[C-]#N.[C-]#N.[Co+3].[Na+]. The van der Waals surface area contributed by atoms with Gasteiger partial charge in [0.2, 0.25) is 0 Å². The molecule has 10 heavy (non-hydrogen) atoms. The minimum absolute atomic E-state index is 0. The van der Waals surface area contributed by atoms with Crippen molar-refractivity contribution in [2.75, 3.05) is 0 Å². The monoisotopic (exact) mass is 186 g/mol. The topological polar surface area (TPSA) is 95.2 Å². The summed E-state index contributed by atoms with van der Waals surface area (Å²) in [6.07, 6.45) is 0. The fourth-order valence-corrected chi connectivity index (χ4v) is 0. The largest absolute Gasteiger partial charge is 3.00 e. The van der Waals surface area contributed by atoms with Crippen LogP contribution >= 0.6 is 0 Å². The summed E-state index contributed by atoms with van der Waals surface area (Å²) in [5.74, 6) is 0. The molecule has 0 N–H and O–H groups in total. The number of hydrogen-bond acceptors (Lipinski definition) is 4. The van der Waals surface area contributed by atoms with Gasteiger partial charge in [-0.25, -0.2) is 0 Å². The predicted octanol–water partition coefficient (Wildman–Crippen LogP) is -2.61. The average Bonchev–Trinajstić information content (AvgIpc) is 2.03. The molecule has 46 valence electrons. The van der Waals surface area contributed by atoms with Crippen molar-refractivity contribution < 1.29 is 46.3 Å². The zero-order chi connectivity index (χ0) is 8.00. The van der Waals surface area contributed by atoms with Crippen LogP contribution in [0, 0.1) is 47.3 Å². The molecule has 0 radical (unpaired) electrons. The minimum Gasteiger partial charge on any atom is -0.512 e. The van der Waals surface area contributed by atoms with Crippen LogP contribution in [0.25, 0.3) is 0 Å². The van der Waals surface area contributed by atoms with Crippen molar-refractivity contribution in [3.8, 4) is 0 Å². The van der Waals surface area contributed by atoms with E-state index in [2.05, 4.69) is 0 Å². The van der Waals surface area contributed by atoms with Crippen LogP contribution < -0.4 is 29.6 Å². The van der Waals surface area contributed by atoms with Crippen molar-refractivity contribution in [3.63, 3.8) is 0 Å². The minimum atomic E-state index is 0. The maximum absolute atomic E-state index is 6.25. The molecule has 0 bridgehead atoms. The first-order chi connectivity index (χ1) is 4.00. The molecule has 4 nitrogen and oxygen atoms in total. The first-order valence-electron chi connectivity index (χ1n) is 0.894. The second-order valence-electron chi connectivity index (χ2n) is 0. The van der Waals surface area contributed by atoms with E-state index in [0.29, 0.717) is 0 Å². The summed E-state index contributed by atoms with van der Waals surface area (Å²) in [7, 11) is 0. The number of rotatable bonds is 0. The number of hydrogen-bond donors (Lipinski definition) is 0. The smallest absolute Gasteiger partial charge is 0.512 e. The van der Waals surface area contributed by atoms with E-state index in [-0.39, 0.29) is 46.3 Å². The van der Waals surface area contributed by atoms with Crippen molar-refractivity contribution in [2.45, 2.75) is 0 Å².